The van der Waals surface area contributed by atoms with Crippen molar-refractivity contribution in [2.75, 3.05) is 13.2 Å². The Morgan fingerprint density at radius 3 is 2.69 bits per heavy atom. The predicted octanol–water partition coefficient (Wildman–Crippen LogP) is 2.70. The Kier molecular flexibility index (Phi) is 4.54. The van der Waals surface area contributed by atoms with E-state index in [0.29, 0.717) is 13.2 Å². The average Bonchev–Trinajstić information content (AvgIpc) is 2.25. The summed E-state index contributed by atoms with van der Waals surface area (Å²) < 4.78 is 10.8. The summed E-state index contributed by atoms with van der Waals surface area (Å²) in [7, 11) is 0. The van der Waals surface area contributed by atoms with Gasteiger partial charge in [-0.05, 0) is 25.2 Å². The molecule has 0 amide bonds. The highest BCUT2D eigenvalue weighted by Crippen LogP contribution is 2.27. The van der Waals surface area contributed by atoms with Crippen LogP contribution in [0.15, 0.2) is 11.8 Å². The van der Waals surface area contributed by atoms with Gasteiger partial charge < -0.3 is 9.47 Å². The van der Waals surface area contributed by atoms with Crippen LogP contribution >= 0.6 is 0 Å². The van der Waals surface area contributed by atoms with E-state index in [1.807, 2.05) is 27.7 Å². The van der Waals surface area contributed by atoms with Crippen LogP contribution in [0.3, 0.4) is 0 Å². The van der Waals surface area contributed by atoms with E-state index in [4.69, 9.17) is 9.47 Å². The second kappa shape index (κ2) is 5.48. The molecule has 0 aromatic carbocycles. The molecule has 0 bridgehead atoms. The van der Waals surface area contributed by atoms with E-state index in [1.165, 1.54) is 0 Å². The van der Waals surface area contributed by atoms with Gasteiger partial charge in [-0.1, -0.05) is 20.8 Å². The van der Waals surface area contributed by atoms with E-state index < -0.39 is 0 Å². The Labute approximate surface area is 97.8 Å². The maximum atomic E-state index is 12.3. The van der Waals surface area contributed by atoms with Gasteiger partial charge in [0, 0.05) is 12.2 Å². The Balaban J connectivity index is 2.78. The molecule has 1 aliphatic rings. The van der Waals surface area contributed by atoms with Crippen LogP contribution in [0.5, 0.6) is 0 Å². The highest BCUT2D eigenvalue weighted by atomic mass is 16.5. The molecule has 1 rings (SSSR count). The zero-order chi connectivity index (χ0) is 12.2. The minimum atomic E-state index is -0.370. The molecule has 0 radical (unpaired) electrons. The third-order valence-electron chi connectivity index (χ3n) is 2.61. The van der Waals surface area contributed by atoms with Gasteiger partial charge in [-0.25, -0.2) is 0 Å². The van der Waals surface area contributed by atoms with E-state index in [-0.39, 0.29) is 17.3 Å². The summed E-state index contributed by atoms with van der Waals surface area (Å²) >= 11 is 0. The molecule has 0 aromatic heterocycles. The van der Waals surface area contributed by atoms with Crippen LogP contribution in [0.2, 0.25) is 0 Å². The lowest BCUT2D eigenvalue weighted by Crippen LogP contribution is -2.38. The molecule has 1 heterocycles. The molecule has 92 valence electrons. The third kappa shape index (κ3) is 3.34. The first-order valence-electron chi connectivity index (χ1n) is 5.93. The van der Waals surface area contributed by atoms with Crippen LogP contribution in [-0.4, -0.2) is 25.1 Å². The maximum Gasteiger partial charge on any atom is 0.191 e. The largest absolute Gasteiger partial charge is 0.501 e. The number of hydrogen-bond donors (Lipinski definition) is 0. The molecule has 3 heteroatoms. The lowest BCUT2D eigenvalue weighted by molar-refractivity contribution is -0.133. The summed E-state index contributed by atoms with van der Waals surface area (Å²) in [6.07, 6.45) is 2.95. The molecule has 1 unspecified atom stereocenters. The van der Waals surface area contributed by atoms with Crippen molar-refractivity contribution in [3.8, 4) is 0 Å². The third-order valence-corrected chi connectivity index (χ3v) is 2.61. The molecule has 16 heavy (non-hydrogen) atoms. The van der Waals surface area contributed by atoms with Crippen molar-refractivity contribution in [3.05, 3.63) is 11.8 Å². The molecule has 0 aliphatic carbocycles. The smallest absolute Gasteiger partial charge is 0.191 e. The standard InChI is InChI=1S/C13H22O3/c1-5-16-12(13(2,3)4)11(14)10-7-6-8-15-9-10/h9,12H,5-8H2,1-4H3. The van der Waals surface area contributed by atoms with Gasteiger partial charge in [-0.15, -0.1) is 0 Å². The van der Waals surface area contributed by atoms with E-state index in [0.717, 1.165) is 18.4 Å². The molecule has 1 atom stereocenters. The fourth-order valence-corrected chi connectivity index (χ4v) is 1.80. The monoisotopic (exact) mass is 226 g/mol. The molecule has 1 aliphatic heterocycles. The number of carbonyl (C=O) groups excluding carboxylic acids is 1. The molecule has 3 nitrogen and oxygen atoms in total. The Morgan fingerprint density at radius 1 is 1.56 bits per heavy atom. The van der Waals surface area contributed by atoms with Crippen molar-refractivity contribution in [3.63, 3.8) is 0 Å². The van der Waals surface area contributed by atoms with Gasteiger partial charge in [-0.3, -0.25) is 4.79 Å². The number of ether oxygens (including phenoxy) is 2. The van der Waals surface area contributed by atoms with Crippen molar-refractivity contribution in [1.29, 1.82) is 0 Å². The summed E-state index contributed by atoms with van der Waals surface area (Å²) in [6.45, 7) is 9.26. The number of ketones is 1. The van der Waals surface area contributed by atoms with Crippen molar-refractivity contribution >= 4 is 5.78 Å². The first kappa shape index (κ1) is 13.2. The molecule has 0 saturated carbocycles. The second-order valence-electron chi connectivity index (χ2n) is 5.18. The van der Waals surface area contributed by atoms with E-state index in [2.05, 4.69) is 0 Å². The predicted molar refractivity (Wildman–Crippen MR) is 63.1 cm³/mol. The van der Waals surface area contributed by atoms with Crippen LogP contribution in [0.1, 0.15) is 40.5 Å². The van der Waals surface area contributed by atoms with Crippen LogP contribution in [0, 0.1) is 5.41 Å². The van der Waals surface area contributed by atoms with Gasteiger partial charge in [0.25, 0.3) is 0 Å². The fourth-order valence-electron chi connectivity index (χ4n) is 1.80. The fraction of sp³-hybridized carbons (Fsp3) is 0.769. The van der Waals surface area contributed by atoms with Crippen molar-refractivity contribution < 1.29 is 14.3 Å². The highest BCUT2D eigenvalue weighted by molar-refractivity contribution is 5.99. The minimum Gasteiger partial charge on any atom is -0.501 e. The van der Waals surface area contributed by atoms with Gasteiger partial charge in [0.1, 0.15) is 6.10 Å². The normalized spacial score (nSPS) is 18.6. The number of Topliss-reactive ketones (excluding diaryl/α,β-unsaturated/α-hetero) is 1. The quantitative estimate of drug-likeness (QED) is 0.739. The van der Waals surface area contributed by atoms with Gasteiger partial charge in [0.15, 0.2) is 5.78 Å². The number of hydrogen-bond acceptors (Lipinski definition) is 3. The van der Waals surface area contributed by atoms with Crippen molar-refractivity contribution in [1.82, 2.24) is 0 Å². The van der Waals surface area contributed by atoms with E-state index in [1.54, 1.807) is 6.26 Å². The maximum absolute atomic E-state index is 12.3. The van der Waals surface area contributed by atoms with Crippen molar-refractivity contribution in [2.45, 2.75) is 46.6 Å². The zero-order valence-corrected chi connectivity index (χ0v) is 10.7. The van der Waals surface area contributed by atoms with Crippen LogP contribution in [-0.2, 0) is 14.3 Å². The molecule has 0 fully saturated rings. The molecule has 0 aromatic rings. The minimum absolute atomic E-state index is 0.0778. The SMILES string of the molecule is CCOC(C(=O)C1=COCCC1)C(C)(C)C. The summed E-state index contributed by atoms with van der Waals surface area (Å²) in [5, 5.41) is 0. The van der Waals surface area contributed by atoms with Gasteiger partial charge in [0.05, 0.1) is 12.9 Å². The lowest BCUT2D eigenvalue weighted by Gasteiger charge is -2.30. The molecular weight excluding hydrogens is 204 g/mol. The van der Waals surface area contributed by atoms with E-state index in [9.17, 15) is 4.79 Å². The average molecular weight is 226 g/mol. The summed E-state index contributed by atoms with van der Waals surface area (Å²) in [5.74, 6) is 0.0778. The Morgan fingerprint density at radius 2 is 2.25 bits per heavy atom. The summed E-state index contributed by atoms with van der Waals surface area (Å²) in [4.78, 5) is 12.3. The molecule has 0 spiro atoms. The molecule has 0 saturated heterocycles. The van der Waals surface area contributed by atoms with Gasteiger partial charge >= 0.3 is 0 Å². The Hall–Kier alpha value is -0.830. The molecular formula is C13H22O3. The Bertz CT molecular complexity index is 273. The molecule has 0 N–H and O–H groups in total. The number of carbonyl (C=O) groups is 1. The van der Waals surface area contributed by atoms with Crippen LogP contribution in [0.25, 0.3) is 0 Å². The van der Waals surface area contributed by atoms with Gasteiger partial charge in [0.2, 0.25) is 0 Å². The topological polar surface area (TPSA) is 35.5 Å². The first-order valence-corrected chi connectivity index (χ1v) is 5.93. The van der Waals surface area contributed by atoms with Crippen molar-refractivity contribution in [2.24, 2.45) is 5.41 Å². The second-order valence-corrected chi connectivity index (χ2v) is 5.18. The highest BCUT2D eigenvalue weighted by Gasteiger charge is 2.34. The van der Waals surface area contributed by atoms with Crippen LogP contribution < -0.4 is 0 Å². The summed E-state index contributed by atoms with van der Waals surface area (Å²) in [6, 6.07) is 0. The first-order chi connectivity index (χ1) is 7.46. The lowest BCUT2D eigenvalue weighted by atomic mass is 9.83. The number of rotatable bonds is 4. The van der Waals surface area contributed by atoms with Crippen LogP contribution in [0.4, 0.5) is 0 Å². The van der Waals surface area contributed by atoms with Gasteiger partial charge in [-0.2, -0.15) is 0 Å². The van der Waals surface area contributed by atoms with E-state index >= 15 is 0 Å². The zero-order valence-electron chi connectivity index (χ0n) is 10.7. The summed E-state index contributed by atoms with van der Waals surface area (Å²) in [5.41, 5.74) is 0.588.